The van der Waals surface area contributed by atoms with Crippen molar-refractivity contribution < 1.29 is 36.9 Å². The minimum Gasteiger partial charge on any atom is -0.493 e. The fourth-order valence-electron chi connectivity index (χ4n) is 6.55. The van der Waals surface area contributed by atoms with Crippen molar-refractivity contribution in [1.29, 1.82) is 0 Å². The van der Waals surface area contributed by atoms with Crippen LogP contribution in [-0.2, 0) is 21.1 Å². The van der Waals surface area contributed by atoms with E-state index in [4.69, 9.17) is 19.3 Å². The van der Waals surface area contributed by atoms with Crippen molar-refractivity contribution in [2.24, 2.45) is 5.92 Å². The molecular weight excluding hydrogens is 547 g/mol. The van der Waals surface area contributed by atoms with E-state index in [0.717, 1.165) is 33.4 Å². The van der Waals surface area contributed by atoms with Gasteiger partial charge in [0.25, 0.3) is 0 Å². The molecule has 9 heteroatoms. The van der Waals surface area contributed by atoms with Crippen LogP contribution in [0.2, 0.25) is 0 Å². The summed E-state index contributed by atoms with van der Waals surface area (Å²) < 4.78 is 56.9. The third-order valence-electron chi connectivity index (χ3n) is 8.43. The molecule has 1 N–H and O–H groups in total. The van der Waals surface area contributed by atoms with Gasteiger partial charge in [0.1, 0.15) is 29.2 Å². The standard InChI is InChI=1S/C32H33FO7S/c1-18-11-23(38-15-20-9-10-41(36,37)17-20)12-19(2)31(18)25-5-7-27(33)32-26(25)6-8-28(32)40-22-3-4-24-21(13-30(34)35)16-39-29(24)14-22/h3-5,7,11-12,14,20-21,28H,6,8-10,13,15-17H2,1-2H3,(H,34,35)/t20-,21?,28+/m0/s1. The quantitative estimate of drug-likeness (QED) is 0.352. The van der Waals surface area contributed by atoms with Crippen molar-refractivity contribution in [3.8, 4) is 28.4 Å². The summed E-state index contributed by atoms with van der Waals surface area (Å²) in [6, 6.07) is 12.7. The minimum absolute atomic E-state index is 0.00791. The van der Waals surface area contributed by atoms with Crippen LogP contribution in [0.1, 0.15) is 59.1 Å². The molecule has 0 aromatic heterocycles. The van der Waals surface area contributed by atoms with Gasteiger partial charge in [-0.2, -0.15) is 0 Å². The summed E-state index contributed by atoms with van der Waals surface area (Å²) in [6.45, 7) is 4.71. The highest BCUT2D eigenvalue weighted by Gasteiger charge is 2.33. The van der Waals surface area contributed by atoms with E-state index >= 15 is 4.39 Å². The fraction of sp³-hybridized carbons (Fsp3) is 0.406. The highest BCUT2D eigenvalue weighted by Crippen LogP contribution is 2.45. The van der Waals surface area contributed by atoms with Crippen LogP contribution < -0.4 is 14.2 Å². The first kappa shape index (κ1) is 27.6. The SMILES string of the molecule is Cc1cc(OC[C@@H]2CCS(=O)(=O)C2)cc(C)c1-c1ccc(F)c2c1CC[C@H]2Oc1ccc2c(c1)OCC2CC(=O)O. The van der Waals surface area contributed by atoms with E-state index in [1.54, 1.807) is 12.1 Å². The van der Waals surface area contributed by atoms with Crippen molar-refractivity contribution in [2.75, 3.05) is 24.7 Å². The number of sulfone groups is 1. The fourth-order valence-corrected chi connectivity index (χ4v) is 8.39. The van der Waals surface area contributed by atoms with Gasteiger partial charge in [0, 0.05) is 29.0 Å². The summed E-state index contributed by atoms with van der Waals surface area (Å²) in [5, 5.41) is 9.16. The summed E-state index contributed by atoms with van der Waals surface area (Å²) >= 11 is 0. The molecule has 6 rings (SSSR count). The Morgan fingerprint density at radius 1 is 1.07 bits per heavy atom. The van der Waals surface area contributed by atoms with Crippen LogP contribution in [0.3, 0.4) is 0 Å². The number of halogens is 1. The molecule has 1 saturated heterocycles. The lowest BCUT2D eigenvalue weighted by Crippen LogP contribution is -2.13. The van der Waals surface area contributed by atoms with Crippen LogP contribution in [0.15, 0.2) is 42.5 Å². The van der Waals surface area contributed by atoms with Crippen LogP contribution >= 0.6 is 0 Å². The number of hydrogen-bond acceptors (Lipinski definition) is 6. The maximum Gasteiger partial charge on any atom is 0.304 e. The molecule has 1 unspecified atom stereocenters. The highest BCUT2D eigenvalue weighted by atomic mass is 32.2. The first-order chi connectivity index (χ1) is 19.6. The normalized spacial score (nSPS) is 22.2. The van der Waals surface area contributed by atoms with Crippen molar-refractivity contribution in [1.82, 2.24) is 0 Å². The summed E-state index contributed by atoms with van der Waals surface area (Å²) in [4.78, 5) is 11.2. The van der Waals surface area contributed by atoms with E-state index in [9.17, 15) is 13.2 Å². The molecule has 0 bridgehead atoms. The Labute approximate surface area is 239 Å². The van der Waals surface area contributed by atoms with E-state index < -0.39 is 21.9 Å². The topological polar surface area (TPSA) is 99.1 Å². The Balaban J connectivity index is 1.22. The third-order valence-corrected chi connectivity index (χ3v) is 10.3. The molecule has 1 fully saturated rings. The number of carbonyl (C=O) groups is 1. The molecule has 3 aliphatic rings. The summed E-state index contributed by atoms with van der Waals surface area (Å²) in [6.07, 6.45) is 1.49. The molecule has 2 heterocycles. The molecule has 0 amide bonds. The molecular formula is C32H33FO7S. The highest BCUT2D eigenvalue weighted by molar-refractivity contribution is 7.91. The Hall–Kier alpha value is -3.59. The van der Waals surface area contributed by atoms with Gasteiger partial charge in [-0.15, -0.1) is 0 Å². The van der Waals surface area contributed by atoms with Crippen molar-refractivity contribution in [3.05, 3.63) is 76.1 Å². The zero-order chi connectivity index (χ0) is 28.9. The van der Waals surface area contributed by atoms with Gasteiger partial charge in [-0.25, -0.2) is 12.8 Å². The minimum atomic E-state index is -2.95. The summed E-state index contributed by atoms with van der Waals surface area (Å²) in [5.74, 6) is 0.950. The van der Waals surface area contributed by atoms with Crippen LogP contribution in [0.4, 0.5) is 4.39 Å². The molecule has 3 aromatic rings. The van der Waals surface area contributed by atoms with Gasteiger partial charge in [-0.3, -0.25) is 4.79 Å². The van der Waals surface area contributed by atoms with Gasteiger partial charge in [0.2, 0.25) is 0 Å². The maximum absolute atomic E-state index is 15.3. The Kier molecular flexibility index (Phi) is 7.18. The Morgan fingerprint density at radius 3 is 2.56 bits per heavy atom. The number of hydrogen-bond donors (Lipinski definition) is 1. The van der Waals surface area contributed by atoms with Crippen molar-refractivity contribution in [2.45, 2.75) is 51.6 Å². The predicted molar refractivity (Wildman–Crippen MR) is 152 cm³/mol. The molecule has 0 spiro atoms. The molecule has 216 valence electrons. The second kappa shape index (κ2) is 10.7. The zero-order valence-electron chi connectivity index (χ0n) is 23.1. The van der Waals surface area contributed by atoms with E-state index in [1.165, 1.54) is 6.07 Å². The zero-order valence-corrected chi connectivity index (χ0v) is 23.9. The second-order valence-corrected chi connectivity index (χ2v) is 13.7. The van der Waals surface area contributed by atoms with Crippen LogP contribution in [0, 0.1) is 25.6 Å². The third kappa shape index (κ3) is 5.52. The lowest BCUT2D eigenvalue weighted by atomic mass is 9.90. The Morgan fingerprint density at radius 2 is 1.85 bits per heavy atom. The molecule has 0 radical (unpaired) electrons. The summed E-state index contributed by atoms with van der Waals surface area (Å²) in [7, 11) is -2.95. The maximum atomic E-state index is 15.3. The first-order valence-electron chi connectivity index (χ1n) is 14.0. The Bertz CT molecular complexity index is 1610. The second-order valence-electron chi connectivity index (χ2n) is 11.4. The number of fused-ring (bicyclic) bond motifs is 2. The molecule has 2 aliphatic heterocycles. The lowest BCUT2D eigenvalue weighted by molar-refractivity contribution is -0.137. The number of rotatable bonds is 8. The van der Waals surface area contributed by atoms with Crippen LogP contribution in [-0.4, -0.2) is 44.2 Å². The number of aryl methyl sites for hydroxylation is 2. The number of aliphatic carboxylic acids is 1. The molecule has 1 aliphatic carbocycles. The molecule has 41 heavy (non-hydrogen) atoms. The van der Waals surface area contributed by atoms with Crippen LogP contribution in [0.25, 0.3) is 11.1 Å². The van der Waals surface area contributed by atoms with E-state index in [2.05, 4.69) is 0 Å². The number of ether oxygens (including phenoxy) is 3. The van der Waals surface area contributed by atoms with Gasteiger partial charge in [-0.1, -0.05) is 12.1 Å². The average Bonchev–Trinajstić information content (AvgIpc) is 3.60. The van der Waals surface area contributed by atoms with Gasteiger partial charge in [-0.05, 0) is 85.2 Å². The molecule has 3 aromatic carbocycles. The lowest BCUT2D eigenvalue weighted by Gasteiger charge is -2.19. The molecule has 0 saturated carbocycles. The van der Waals surface area contributed by atoms with Gasteiger partial charge >= 0.3 is 5.97 Å². The smallest absolute Gasteiger partial charge is 0.304 e. The van der Waals surface area contributed by atoms with E-state index in [1.807, 2.05) is 38.1 Å². The monoisotopic (exact) mass is 580 g/mol. The van der Waals surface area contributed by atoms with E-state index in [-0.39, 0.29) is 35.6 Å². The average molecular weight is 581 g/mol. The predicted octanol–water partition coefficient (Wildman–Crippen LogP) is 5.94. The number of carboxylic acids is 1. The molecule has 7 nitrogen and oxygen atoms in total. The van der Waals surface area contributed by atoms with Gasteiger partial charge in [0.05, 0.1) is 31.1 Å². The number of carboxylic acid groups (broad SMARTS) is 1. The van der Waals surface area contributed by atoms with Crippen molar-refractivity contribution >= 4 is 15.8 Å². The molecule has 3 atom stereocenters. The first-order valence-corrected chi connectivity index (χ1v) is 15.8. The van der Waals surface area contributed by atoms with Gasteiger partial charge < -0.3 is 19.3 Å². The van der Waals surface area contributed by atoms with Crippen LogP contribution in [0.5, 0.6) is 17.2 Å². The van der Waals surface area contributed by atoms with E-state index in [0.29, 0.717) is 55.3 Å². The van der Waals surface area contributed by atoms with Gasteiger partial charge in [0.15, 0.2) is 9.84 Å². The summed E-state index contributed by atoms with van der Waals surface area (Å²) in [5.41, 5.74) is 6.37. The number of benzene rings is 3. The largest absolute Gasteiger partial charge is 0.493 e. The van der Waals surface area contributed by atoms with Crippen molar-refractivity contribution in [3.63, 3.8) is 0 Å².